The number of carbonyl (C=O) groups excluding carboxylic acids is 1. The zero-order valence-electron chi connectivity index (χ0n) is 14.2. The zero-order valence-corrected chi connectivity index (χ0v) is 14.2. The Hall–Kier alpha value is -3.60. The fourth-order valence-corrected chi connectivity index (χ4v) is 2.78. The third kappa shape index (κ3) is 3.15. The number of imidazole rings is 1. The Morgan fingerprint density at radius 1 is 0.962 bits per heavy atom. The Kier molecular flexibility index (Phi) is 3.89. The summed E-state index contributed by atoms with van der Waals surface area (Å²) >= 11 is 0. The second-order valence-corrected chi connectivity index (χ2v) is 6.18. The van der Waals surface area contributed by atoms with Gasteiger partial charge in [0.15, 0.2) is 0 Å². The average molecular weight is 343 g/mol. The number of amides is 1. The number of carbonyl (C=O) groups is 1. The summed E-state index contributed by atoms with van der Waals surface area (Å²) in [5.41, 5.74) is 5.12. The van der Waals surface area contributed by atoms with Crippen molar-refractivity contribution >= 4 is 17.2 Å². The summed E-state index contributed by atoms with van der Waals surface area (Å²) < 4.78 is 2.01. The number of anilines is 1. The highest BCUT2D eigenvalue weighted by Gasteiger charge is 2.08. The number of hydrogen-bond acceptors (Lipinski definition) is 3. The lowest BCUT2D eigenvalue weighted by Gasteiger charge is -2.06. The number of pyridine rings is 1. The number of benzene rings is 2. The van der Waals surface area contributed by atoms with Gasteiger partial charge in [-0.25, -0.2) is 4.98 Å². The van der Waals surface area contributed by atoms with E-state index in [9.17, 15) is 9.90 Å². The van der Waals surface area contributed by atoms with Gasteiger partial charge in [-0.05, 0) is 55.0 Å². The molecular formula is C21H17N3O2. The maximum absolute atomic E-state index is 12.2. The lowest BCUT2D eigenvalue weighted by atomic mass is 10.1. The van der Waals surface area contributed by atoms with E-state index >= 15 is 0 Å². The molecule has 0 atom stereocenters. The van der Waals surface area contributed by atoms with E-state index in [1.165, 1.54) is 17.7 Å². The van der Waals surface area contributed by atoms with Gasteiger partial charge in [-0.15, -0.1) is 0 Å². The van der Waals surface area contributed by atoms with Gasteiger partial charge >= 0.3 is 0 Å². The zero-order chi connectivity index (χ0) is 18.1. The molecular weight excluding hydrogens is 326 g/mol. The van der Waals surface area contributed by atoms with Crippen LogP contribution in [0.5, 0.6) is 5.75 Å². The van der Waals surface area contributed by atoms with Gasteiger partial charge in [0.1, 0.15) is 11.4 Å². The van der Waals surface area contributed by atoms with Crippen LogP contribution in [0, 0.1) is 6.92 Å². The monoisotopic (exact) mass is 343 g/mol. The largest absolute Gasteiger partial charge is 0.508 e. The molecule has 2 aromatic heterocycles. The van der Waals surface area contributed by atoms with Gasteiger partial charge < -0.3 is 14.8 Å². The number of phenolic OH excluding ortho intramolecular Hbond substituents is 1. The molecule has 0 unspecified atom stereocenters. The van der Waals surface area contributed by atoms with Crippen molar-refractivity contribution < 1.29 is 9.90 Å². The minimum Gasteiger partial charge on any atom is -0.508 e. The highest BCUT2D eigenvalue weighted by atomic mass is 16.3. The second-order valence-electron chi connectivity index (χ2n) is 6.18. The lowest BCUT2D eigenvalue weighted by Crippen LogP contribution is -2.11. The van der Waals surface area contributed by atoms with Crippen molar-refractivity contribution in [2.45, 2.75) is 6.92 Å². The van der Waals surface area contributed by atoms with Gasteiger partial charge in [-0.1, -0.05) is 18.2 Å². The van der Waals surface area contributed by atoms with Crippen LogP contribution in [-0.2, 0) is 0 Å². The second kappa shape index (κ2) is 6.37. The molecule has 0 aliphatic heterocycles. The molecule has 128 valence electrons. The van der Waals surface area contributed by atoms with Gasteiger partial charge in [-0.3, -0.25) is 4.79 Å². The summed E-state index contributed by atoms with van der Waals surface area (Å²) in [7, 11) is 0. The first kappa shape index (κ1) is 15.9. The number of fused-ring (bicyclic) bond motifs is 1. The molecule has 5 nitrogen and oxygen atoms in total. The highest BCUT2D eigenvalue weighted by molar-refractivity contribution is 6.04. The van der Waals surface area contributed by atoms with Crippen molar-refractivity contribution in [3.63, 3.8) is 0 Å². The van der Waals surface area contributed by atoms with Gasteiger partial charge in [0, 0.05) is 29.2 Å². The summed E-state index contributed by atoms with van der Waals surface area (Å²) in [6, 6.07) is 17.7. The Morgan fingerprint density at radius 3 is 2.42 bits per heavy atom. The molecule has 4 aromatic rings. The Labute approximate surface area is 150 Å². The molecule has 0 bridgehead atoms. The van der Waals surface area contributed by atoms with Crippen LogP contribution in [0.1, 0.15) is 15.9 Å². The van der Waals surface area contributed by atoms with Crippen LogP contribution in [0.15, 0.2) is 73.1 Å². The number of hydrogen-bond donors (Lipinski definition) is 2. The SMILES string of the molecule is Cc1ccc2nc(-c3ccc(NC(=O)c4ccc(O)cc4)cc3)cn2c1. The first-order valence-electron chi connectivity index (χ1n) is 8.25. The normalized spacial score (nSPS) is 10.8. The fourth-order valence-electron chi connectivity index (χ4n) is 2.78. The maximum atomic E-state index is 12.2. The Morgan fingerprint density at radius 2 is 1.69 bits per heavy atom. The number of phenols is 1. The Balaban J connectivity index is 1.54. The van der Waals surface area contributed by atoms with Gasteiger partial charge in [0.05, 0.1) is 5.69 Å². The molecule has 0 aliphatic carbocycles. The topological polar surface area (TPSA) is 66.6 Å². The summed E-state index contributed by atoms with van der Waals surface area (Å²) in [6.45, 7) is 2.05. The quantitative estimate of drug-likeness (QED) is 0.584. The molecule has 4 rings (SSSR count). The first-order chi connectivity index (χ1) is 12.6. The van der Waals surface area contributed by atoms with Crippen LogP contribution in [0.2, 0.25) is 0 Å². The summed E-state index contributed by atoms with van der Waals surface area (Å²) in [6.07, 6.45) is 4.03. The van der Waals surface area contributed by atoms with E-state index in [1.807, 2.05) is 60.1 Å². The third-order valence-electron chi connectivity index (χ3n) is 4.17. The van der Waals surface area contributed by atoms with E-state index < -0.39 is 0 Å². The minimum atomic E-state index is -0.221. The van der Waals surface area contributed by atoms with Crippen molar-refractivity contribution in [1.29, 1.82) is 0 Å². The van der Waals surface area contributed by atoms with E-state index in [0.717, 1.165) is 16.9 Å². The fraction of sp³-hybridized carbons (Fsp3) is 0.0476. The number of nitrogens with zero attached hydrogens (tertiary/aromatic N) is 2. The first-order valence-corrected chi connectivity index (χ1v) is 8.25. The molecule has 0 spiro atoms. The van der Waals surface area contributed by atoms with Crippen LogP contribution in [0.3, 0.4) is 0 Å². The molecule has 1 amide bonds. The molecule has 5 heteroatoms. The van der Waals surface area contributed by atoms with E-state index in [1.54, 1.807) is 12.1 Å². The van der Waals surface area contributed by atoms with E-state index in [-0.39, 0.29) is 11.7 Å². The summed E-state index contributed by atoms with van der Waals surface area (Å²) in [5, 5.41) is 12.1. The third-order valence-corrected chi connectivity index (χ3v) is 4.17. The van der Waals surface area contributed by atoms with Crippen LogP contribution in [-0.4, -0.2) is 20.4 Å². The van der Waals surface area contributed by atoms with Crippen LogP contribution < -0.4 is 5.32 Å². The molecule has 0 radical (unpaired) electrons. The van der Waals surface area contributed by atoms with Crippen LogP contribution in [0.25, 0.3) is 16.9 Å². The minimum absolute atomic E-state index is 0.133. The molecule has 2 aromatic carbocycles. The molecule has 26 heavy (non-hydrogen) atoms. The molecule has 0 aliphatic rings. The number of aromatic hydroxyl groups is 1. The predicted octanol–water partition coefficient (Wildman–Crippen LogP) is 4.27. The number of rotatable bonds is 3. The molecule has 0 fully saturated rings. The molecule has 2 heterocycles. The van der Waals surface area contributed by atoms with E-state index in [2.05, 4.69) is 10.3 Å². The van der Waals surface area contributed by atoms with Crippen LogP contribution in [0.4, 0.5) is 5.69 Å². The maximum Gasteiger partial charge on any atom is 0.255 e. The number of nitrogens with one attached hydrogen (secondary N) is 1. The van der Waals surface area contributed by atoms with Gasteiger partial charge in [-0.2, -0.15) is 0 Å². The summed E-state index contributed by atoms with van der Waals surface area (Å²) in [5.74, 6) is -0.0884. The van der Waals surface area contributed by atoms with Crippen molar-refractivity contribution in [2.75, 3.05) is 5.32 Å². The van der Waals surface area contributed by atoms with E-state index in [0.29, 0.717) is 11.3 Å². The average Bonchev–Trinajstić information content (AvgIpc) is 3.06. The molecule has 0 saturated heterocycles. The number of aryl methyl sites for hydroxylation is 1. The van der Waals surface area contributed by atoms with Crippen molar-refractivity contribution in [3.8, 4) is 17.0 Å². The van der Waals surface area contributed by atoms with Crippen LogP contribution >= 0.6 is 0 Å². The van der Waals surface area contributed by atoms with Crippen molar-refractivity contribution in [1.82, 2.24) is 9.38 Å². The molecule has 2 N–H and O–H groups in total. The van der Waals surface area contributed by atoms with Gasteiger partial charge in [0.25, 0.3) is 5.91 Å². The van der Waals surface area contributed by atoms with Crippen molar-refractivity contribution in [2.24, 2.45) is 0 Å². The molecule has 0 saturated carbocycles. The standard InChI is InChI=1S/C21H17N3O2/c1-14-2-11-20-23-19(13-24(20)12-14)15-3-7-17(8-4-15)22-21(26)16-5-9-18(25)10-6-16/h2-13,25H,1H3,(H,22,26). The predicted molar refractivity (Wildman–Crippen MR) is 101 cm³/mol. The Bertz CT molecular complexity index is 1080. The summed E-state index contributed by atoms with van der Waals surface area (Å²) in [4.78, 5) is 16.8. The number of aromatic nitrogens is 2. The van der Waals surface area contributed by atoms with Gasteiger partial charge in [0.2, 0.25) is 0 Å². The van der Waals surface area contributed by atoms with Crippen molar-refractivity contribution in [3.05, 3.63) is 84.2 Å². The smallest absolute Gasteiger partial charge is 0.255 e. The highest BCUT2D eigenvalue weighted by Crippen LogP contribution is 2.22. The lowest BCUT2D eigenvalue weighted by molar-refractivity contribution is 0.102. The van der Waals surface area contributed by atoms with E-state index in [4.69, 9.17) is 0 Å².